The van der Waals surface area contributed by atoms with E-state index in [0.29, 0.717) is 11.3 Å². The van der Waals surface area contributed by atoms with E-state index in [-0.39, 0.29) is 11.5 Å². The number of Topliss-reactive ketones (excluding diaryl/α,β-unsaturated/α-hetero) is 1. The highest BCUT2D eigenvalue weighted by Crippen LogP contribution is 2.29. The molecule has 0 radical (unpaired) electrons. The van der Waals surface area contributed by atoms with Gasteiger partial charge in [0.15, 0.2) is 5.78 Å². The molecule has 116 valence electrons. The summed E-state index contributed by atoms with van der Waals surface area (Å²) in [7, 11) is 0. The summed E-state index contributed by atoms with van der Waals surface area (Å²) in [6.07, 6.45) is 1.51. The lowest BCUT2D eigenvalue weighted by atomic mass is 10.1. The second-order valence-corrected chi connectivity index (χ2v) is 6.47. The number of urea groups is 1. The number of nitrogens with zero attached hydrogens (tertiary/aromatic N) is 2. The fourth-order valence-corrected chi connectivity index (χ4v) is 3.81. The van der Waals surface area contributed by atoms with Crippen molar-refractivity contribution in [2.75, 3.05) is 11.1 Å². The highest BCUT2D eigenvalue weighted by Gasteiger charge is 2.11. The van der Waals surface area contributed by atoms with Gasteiger partial charge < -0.3 is 11.1 Å². The lowest BCUT2D eigenvalue weighted by molar-refractivity contribution is 0.102. The van der Waals surface area contributed by atoms with Crippen molar-refractivity contribution >= 4 is 50.8 Å². The van der Waals surface area contributed by atoms with Crippen molar-refractivity contribution in [2.24, 2.45) is 5.73 Å². The number of ketones is 1. The van der Waals surface area contributed by atoms with Crippen molar-refractivity contribution in [3.63, 3.8) is 0 Å². The summed E-state index contributed by atoms with van der Waals surface area (Å²) in [5.74, 6) is 0.274. The van der Waals surface area contributed by atoms with E-state index in [1.165, 1.54) is 18.1 Å². The molecule has 0 aliphatic heterocycles. The van der Waals surface area contributed by atoms with E-state index in [0.717, 1.165) is 15.2 Å². The first kappa shape index (κ1) is 15.4. The number of thiophene rings is 1. The van der Waals surface area contributed by atoms with Gasteiger partial charge in [0.25, 0.3) is 0 Å². The predicted molar refractivity (Wildman–Crippen MR) is 92.1 cm³/mol. The minimum absolute atomic E-state index is 0.0102. The molecule has 3 aromatic rings. The maximum absolute atomic E-state index is 12.3. The van der Waals surface area contributed by atoms with Gasteiger partial charge in [-0.3, -0.25) is 4.79 Å². The van der Waals surface area contributed by atoms with Crippen LogP contribution >= 0.6 is 23.1 Å². The molecule has 0 spiro atoms. The Morgan fingerprint density at radius 2 is 1.96 bits per heavy atom. The number of carbonyl (C=O) groups is 2. The summed E-state index contributed by atoms with van der Waals surface area (Å²) in [5.41, 5.74) is 7.06. The van der Waals surface area contributed by atoms with Crippen LogP contribution in [0.3, 0.4) is 0 Å². The molecule has 0 saturated carbocycles. The first-order chi connectivity index (χ1) is 11.1. The average molecular weight is 344 g/mol. The van der Waals surface area contributed by atoms with Gasteiger partial charge in [0.2, 0.25) is 0 Å². The summed E-state index contributed by atoms with van der Waals surface area (Å²) >= 11 is 2.95. The Balaban J connectivity index is 1.67. The van der Waals surface area contributed by atoms with Crippen molar-refractivity contribution in [2.45, 2.75) is 5.03 Å². The SMILES string of the molecule is NC(=O)Nc1ccc(C(=O)CSc2ncnc3ccsc23)cc1. The molecule has 2 aromatic heterocycles. The third kappa shape index (κ3) is 3.66. The summed E-state index contributed by atoms with van der Waals surface area (Å²) in [5, 5.41) is 5.22. The van der Waals surface area contributed by atoms with Crippen molar-refractivity contribution in [1.29, 1.82) is 0 Å². The molecule has 6 nitrogen and oxygen atoms in total. The quantitative estimate of drug-likeness (QED) is 0.421. The summed E-state index contributed by atoms with van der Waals surface area (Å²) in [6.45, 7) is 0. The van der Waals surface area contributed by atoms with E-state index in [1.807, 2.05) is 11.4 Å². The number of anilines is 1. The zero-order valence-corrected chi connectivity index (χ0v) is 13.5. The van der Waals surface area contributed by atoms with Crippen molar-refractivity contribution < 1.29 is 9.59 Å². The Kier molecular flexibility index (Phi) is 4.54. The van der Waals surface area contributed by atoms with Gasteiger partial charge in [0.1, 0.15) is 11.4 Å². The van der Waals surface area contributed by atoms with Crippen LogP contribution in [0.1, 0.15) is 10.4 Å². The maximum Gasteiger partial charge on any atom is 0.316 e. The van der Waals surface area contributed by atoms with Gasteiger partial charge in [-0.1, -0.05) is 11.8 Å². The summed E-state index contributed by atoms with van der Waals surface area (Å²) in [4.78, 5) is 31.4. The van der Waals surface area contributed by atoms with Gasteiger partial charge in [-0.25, -0.2) is 14.8 Å². The Hall–Kier alpha value is -2.45. The van der Waals surface area contributed by atoms with Crippen LogP contribution in [0.4, 0.5) is 10.5 Å². The van der Waals surface area contributed by atoms with Crippen LogP contribution < -0.4 is 11.1 Å². The predicted octanol–water partition coefficient (Wildman–Crippen LogP) is 3.16. The Labute approximate surface area is 140 Å². The van der Waals surface area contributed by atoms with Gasteiger partial charge in [0, 0.05) is 11.3 Å². The zero-order chi connectivity index (χ0) is 16.2. The Bertz CT molecular complexity index is 861. The highest BCUT2D eigenvalue weighted by atomic mass is 32.2. The molecule has 0 unspecified atom stereocenters. The smallest absolute Gasteiger partial charge is 0.316 e. The number of carbonyl (C=O) groups excluding carboxylic acids is 2. The summed E-state index contributed by atoms with van der Waals surface area (Å²) in [6, 6.07) is 7.90. The highest BCUT2D eigenvalue weighted by molar-refractivity contribution is 8.00. The molecule has 0 saturated heterocycles. The molecule has 0 fully saturated rings. The maximum atomic E-state index is 12.3. The van der Waals surface area contributed by atoms with Crippen LogP contribution in [0, 0.1) is 0 Å². The van der Waals surface area contributed by atoms with E-state index in [4.69, 9.17) is 5.73 Å². The molecule has 0 aliphatic carbocycles. The minimum Gasteiger partial charge on any atom is -0.351 e. The van der Waals surface area contributed by atoms with Crippen LogP contribution in [0.25, 0.3) is 10.2 Å². The number of hydrogen-bond acceptors (Lipinski definition) is 6. The number of rotatable bonds is 5. The lowest BCUT2D eigenvalue weighted by Crippen LogP contribution is -2.19. The van der Waals surface area contributed by atoms with Gasteiger partial charge in [-0.05, 0) is 35.7 Å². The van der Waals surface area contributed by atoms with E-state index < -0.39 is 6.03 Å². The molecule has 3 rings (SSSR count). The third-order valence-electron chi connectivity index (χ3n) is 3.02. The first-order valence-corrected chi connectivity index (χ1v) is 8.51. The topological polar surface area (TPSA) is 98.0 Å². The molecule has 0 aliphatic rings. The van der Waals surface area contributed by atoms with Gasteiger partial charge in [-0.15, -0.1) is 11.3 Å². The number of hydrogen-bond donors (Lipinski definition) is 2. The van der Waals surface area contributed by atoms with Crippen molar-refractivity contribution in [1.82, 2.24) is 9.97 Å². The van der Waals surface area contributed by atoms with Gasteiger partial charge in [-0.2, -0.15) is 0 Å². The third-order valence-corrected chi connectivity index (χ3v) is 5.05. The van der Waals surface area contributed by atoms with E-state index >= 15 is 0 Å². The van der Waals surface area contributed by atoms with E-state index in [2.05, 4.69) is 15.3 Å². The molecule has 23 heavy (non-hydrogen) atoms. The molecular weight excluding hydrogens is 332 g/mol. The number of fused-ring (bicyclic) bond motifs is 1. The number of benzene rings is 1. The normalized spacial score (nSPS) is 10.6. The number of aromatic nitrogens is 2. The Morgan fingerprint density at radius 3 is 2.70 bits per heavy atom. The van der Waals surface area contributed by atoms with Gasteiger partial charge in [0.05, 0.1) is 16.0 Å². The van der Waals surface area contributed by atoms with E-state index in [9.17, 15) is 9.59 Å². The molecule has 0 bridgehead atoms. The molecule has 2 heterocycles. The average Bonchev–Trinajstić information content (AvgIpc) is 3.02. The largest absolute Gasteiger partial charge is 0.351 e. The van der Waals surface area contributed by atoms with Crippen LogP contribution in [0.5, 0.6) is 0 Å². The summed E-state index contributed by atoms with van der Waals surface area (Å²) < 4.78 is 0.992. The standard InChI is InChI=1S/C15H12N4O2S2/c16-15(21)19-10-3-1-9(2-4-10)12(20)7-23-14-13-11(5-6-22-13)17-8-18-14/h1-6,8H,7H2,(H3,16,19,21). The van der Waals surface area contributed by atoms with Crippen molar-refractivity contribution in [3.05, 3.63) is 47.6 Å². The fourth-order valence-electron chi connectivity index (χ4n) is 1.97. The molecule has 1 aromatic carbocycles. The van der Waals surface area contributed by atoms with Gasteiger partial charge >= 0.3 is 6.03 Å². The van der Waals surface area contributed by atoms with Crippen LogP contribution in [0.2, 0.25) is 0 Å². The van der Waals surface area contributed by atoms with Crippen LogP contribution in [-0.4, -0.2) is 27.5 Å². The fraction of sp³-hybridized carbons (Fsp3) is 0.0667. The molecule has 0 atom stereocenters. The first-order valence-electron chi connectivity index (χ1n) is 6.64. The molecular formula is C15H12N4O2S2. The van der Waals surface area contributed by atoms with E-state index in [1.54, 1.807) is 35.6 Å². The minimum atomic E-state index is -0.636. The molecule has 2 amide bonds. The molecule has 3 N–H and O–H groups in total. The number of nitrogens with two attached hydrogens (primary N) is 1. The number of amides is 2. The van der Waals surface area contributed by atoms with Crippen LogP contribution in [0.15, 0.2) is 47.1 Å². The monoisotopic (exact) mass is 344 g/mol. The van der Waals surface area contributed by atoms with Crippen molar-refractivity contribution in [3.8, 4) is 0 Å². The van der Waals surface area contributed by atoms with Crippen LogP contribution in [-0.2, 0) is 0 Å². The second-order valence-electron chi connectivity index (χ2n) is 4.59. The number of nitrogens with one attached hydrogen (secondary N) is 1. The second kappa shape index (κ2) is 6.76. The zero-order valence-electron chi connectivity index (χ0n) is 11.9. The lowest BCUT2D eigenvalue weighted by Gasteiger charge is -2.04. The number of thioether (sulfide) groups is 1. The molecule has 8 heteroatoms. The number of primary amides is 1. The Morgan fingerprint density at radius 1 is 1.17 bits per heavy atom.